The standard InChI is InChI=1S/C25H37N7O2/c1-18-13-19(2)23-20(14-18)15-21(24(33)26-23)16-31(8-6-7-30-9-11-34-12-10-30)17-22-27-28-29-32(22)25(3,4)5/h13-15H,6-12,16-17H2,1-5H3,(H,26,33). The van der Waals surface area contributed by atoms with E-state index >= 15 is 0 Å². The van der Waals surface area contributed by atoms with Crippen LogP contribution in [-0.4, -0.2) is 74.4 Å². The van der Waals surface area contributed by atoms with Crippen LogP contribution in [0.2, 0.25) is 0 Å². The second-order valence-corrected chi connectivity index (χ2v) is 10.4. The van der Waals surface area contributed by atoms with Crippen LogP contribution in [0.25, 0.3) is 10.9 Å². The molecule has 0 unspecified atom stereocenters. The molecule has 184 valence electrons. The van der Waals surface area contributed by atoms with Gasteiger partial charge in [-0.25, -0.2) is 4.68 Å². The first kappa shape index (κ1) is 24.5. The number of aryl methyl sites for hydroxylation is 2. The first-order chi connectivity index (χ1) is 16.2. The Morgan fingerprint density at radius 2 is 1.88 bits per heavy atom. The molecule has 1 saturated heterocycles. The molecule has 0 bridgehead atoms. The third-order valence-corrected chi connectivity index (χ3v) is 6.35. The fraction of sp³-hybridized carbons (Fsp3) is 0.600. The fourth-order valence-corrected chi connectivity index (χ4v) is 4.67. The van der Waals surface area contributed by atoms with E-state index in [1.54, 1.807) is 0 Å². The second kappa shape index (κ2) is 10.3. The maximum absolute atomic E-state index is 13.0. The van der Waals surface area contributed by atoms with Crippen molar-refractivity contribution >= 4 is 10.9 Å². The van der Waals surface area contributed by atoms with Crippen LogP contribution in [0.15, 0.2) is 23.0 Å². The highest BCUT2D eigenvalue weighted by Gasteiger charge is 2.22. The van der Waals surface area contributed by atoms with E-state index in [0.717, 1.165) is 73.7 Å². The average Bonchev–Trinajstić information content (AvgIpc) is 3.24. The van der Waals surface area contributed by atoms with Gasteiger partial charge in [-0.3, -0.25) is 14.6 Å². The van der Waals surface area contributed by atoms with Crippen molar-refractivity contribution in [3.63, 3.8) is 0 Å². The maximum atomic E-state index is 13.0. The molecule has 0 radical (unpaired) electrons. The van der Waals surface area contributed by atoms with Crippen LogP contribution in [0.4, 0.5) is 0 Å². The molecule has 0 spiro atoms. The molecule has 0 aliphatic carbocycles. The summed E-state index contributed by atoms with van der Waals surface area (Å²) in [6, 6.07) is 6.27. The molecule has 1 fully saturated rings. The Bertz CT molecular complexity index is 1170. The van der Waals surface area contributed by atoms with Crippen molar-refractivity contribution < 1.29 is 4.74 Å². The van der Waals surface area contributed by atoms with Gasteiger partial charge in [0.1, 0.15) is 0 Å². The quantitative estimate of drug-likeness (QED) is 0.544. The number of fused-ring (bicyclic) bond motifs is 1. The zero-order valence-electron chi connectivity index (χ0n) is 21.1. The van der Waals surface area contributed by atoms with Gasteiger partial charge in [-0.05, 0) is 81.1 Å². The van der Waals surface area contributed by atoms with Crippen molar-refractivity contribution in [3.05, 3.63) is 51.1 Å². The number of benzene rings is 1. The van der Waals surface area contributed by atoms with Gasteiger partial charge < -0.3 is 9.72 Å². The minimum absolute atomic E-state index is 0.0342. The van der Waals surface area contributed by atoms with Crippen LogP contribution < -0.4 is 5.56 Å². The number of hydrogen-bond donors (Lipinski definition) is 1. The van der Waals surface area contributed by atoms with Gasteiger partial charge in [0, 0.05) is 31.7 Å². The normalized spacial score (nSPS) is 15.5. The third-order valence-electron chi connectivity index (χ3n) is 6.35. The van der Waals surface area contributed by atoms with Crippen molar-refractivity contribution in [2.75, 3.05) is 39.4 Å². The Balaban J connectivity index is 1.56. The van der Waals surface area contributed by atoms with Crippen LogP contribution in [0.3, 0.4) is 0 Å². The summed E-state index contributed by atoms with van der Waals surface area (Å²) in [6.45, 7) is 16.9. The average molecular weight is 468 g/mol. The van der Waals surface area contributed by atoms with Crippen molar-refractivity contribution in [2.24, 2.45) is 0 Å². The molecule has 34 heavy (non-hydrogen) atoms. The van der Waals surface area contributed by atoms with Crippen LogP contribution in [0.5, 0.6) is 0 Å². The summed E-state index contributed by atoms with van der Waals surface area (Å²) < 4.78 is 7.35. The minimum Gasteiger partial charge on any atom is -0.379 e. The Morgan fingerprint density at radius 3 is 2.62 bits per heavy atom. The summed E-state index contributed by atoms with van der Waals surface area (Å²) in [5, 5.41) is 13.5. The lowest BCUT2D eigenvalue weighted by atomic mass is 10.1. The highest BCUT2D eigenvalue weighted by molar-refractivity contribution is 5.82. The van der Waals surface area contributed by atoms with Crippen molar-refractivity contribution in [2.45, 2.75) is 59.7 Å². The molecule has 4 rings (SSSR count). The molecule has 1 N–H and O–H groups in total. The molecular formula is C25H37N7O2. The van der Waals surface area contributed by atoms with Crippen molar-refractivity contribution in [3.8, 4) is 0 Å². The first-order valence-electron chi connectivity index (χ1n) is 12.1. The SMILES string of the molecule is Cc1cc(C)c2[nH]c(=O)c(CN(CCCN3CCOCC3)Cc3nnnn3C(C)(C)C)cc2c1. The second-order valence-electron chi connectivity index (χ2n) is 10.4. The molecule has 3 aromatic rings. The molecule has 1 aliphatic heterocycles. The topological polar surface area (TPSA) is 92.2 Å². The maximum Gasteiger partial charge on any atom is 0.252 e. The molecule has 0 atom stereocenters. The lowest BCUT2D eigenvalue weighted by molar-refractivity contribution is 0.0358. The van der Waals surface area contributed by atoms with Crippen molar-refractivity contribution in [1.82, 2.24) is 35.0 Å². The predicted octanol–water partition coefficient (Wildman–Crippen LogP) is 2.61. The summed E-state index contributed by atoms with van der Waals surface area (Å²) >= 11 is 0. The summed E-state index contributed by atoms with van der Waals surface area (Å²) in [4.78, 5) is 20.8. The van der Waals surface area contributed by atoms with Gasteiger partial charge in [0.05, 0.1) is 30.8 Å². The number of nitrogens with one attached hydrogen (secondary N) is 1. The summed E-state index contributed by atoms with van der Waals surface area (Å²) in [5.41, 5.74) is 3.70. The summed E-state index contributed by atoms with van der Waals surface area (Å²) in [5.74, 6) is 0.808. The highest BCUT2D eigenvalue weighted by Crippen LogP contribution is 2.20. The Morgan fingerprint density at radius 1 is 1.12 bits per heavy atom. The number of pyridine rings is 1. The lowest BCUT2D eigenvalue weighted by Crippen LogP contribution is -2.38. The lowest BCUT2D eigenvalue weighted by Gasteiger charge is -2.28. The van der Waals surface area contributed by atoms with E-state index in [4.69, 9.17) is 4.74 Å². The Kier molecular flexibility index (Phi) is 7.45. The summed E-state index contributed by atoms with van der Waals surface area (Å²) in [7, 11) is 0. The molecule has 0 amide bonds. The number of hydrogen-bond acceptors (Lipinski definition) is 7. The van der Waals surface area contributed by atoms with Crippen molar-refractivity contribution in [1.29, 1.82) is 0 Å². The van der Waals surface area contributed by atoms with Gasteiger partial charge in [0.25, 0.3) is 5.56 Å². The number of ether oxygens (including phenoxy) is 1. The van der Waals surface area contributed by atoms with E-state index < -0.39 is 0 Å². The van der Waals surface area contributed by atoms with E-state index in [-0.39, 0.29) is 11.1 Å². The molecular weight excluding hydrogens is 430 g/mol. The zero-order chi connectivity index (χ0) is 24.3. The van der Waals surface area contributed by atoms with Gasteiger partial charge in [0.2, 0.25) is 0 Å². The molecule has 2 aromatic heterocycles. The number of H-pyrrole nitrogens is 1. The number of tetrazole rings is 1. The first-order valence-corrected chi connectivity index (χ1v) is 12.1. The molecule has 1 aromatic carbocycles. The van der Waals surface area contributed by atoms with Crippen LogP contribution in [-0.2, 0) is 23.4 Å². The van der Waals surface area contributed by atoms with Gasteiger partial charge in [-0.15, -0.1) is 5.10 Å². The zero-order valence-corrected chi connectivity index (χ0v) is 21.1. The van der Waals surface area contributed by atoms with E-state index in [1.807, 2.05) is 17.7 Å². The Hall–Kier alpha value is -2.62. The van der Waals surface area contributed by atoms with E-state index in [1.165, 1.54) is 5.56 Å². The van der Waals surface area contributed by atoms with Crippen LogP contribution in [0, 0.1) is 13.8 Å². The van der Waals surface area contributed by atoms with Gasteiger partial charge >= 0.3 is 0 Å². The fourth-order valence-electron chi connectivity index (χ4n) is 4.67. The molecule has 3 heterocycles. The van der Waals surface area contributed by atoms with Gasteiger partial charge in [0.15, 0.2) is 5.82 Å². The number of nitrogens with zero attached hydrogens (tertiary/aromatic N) is 6. The van der Waals surface area contributed by atoms with E-state index in [2.05, 4.69) is 70.1 Å². The smallest absolute Gasteiger partial charge is 0.252 e. The molecule has 9 heteroatoms. The third kappa shape index (κ3) is 5.89. The Labute approximate surface area is 201 Å². The molecule has 1 aliphatic rings. The number of morpholine rings is 1. The van der Waals surface area contributed by atoms with Crippen LogP contribution >= 0.6 is 0 Å². The number of aromatic nitrogens is 5. The number of aromatic amines is 1. The monoisotopic (exact) mass is 467 g/mol. The summed E-state index contributed by atoms with van der Waals surface area (Å²) in [6.07, 6.45) is 1.00. The molecule has 9 nitrogen and oxygen atoms in total. The van der Waals surface area contributed by atoms with Crippen LogP contribution in [0.1, 0.15) is 49.7 Å². The van der Waals surface area contributed by atoms with E-state index in [9.17, 15) is 4.79 Å². The predicted molar refractivity (Wildman–Crippen MR) is 133 cm³/mol. The minimum atomic E-state index is -0.215. The number of rotatable bonds is 8. The van der Waals surface area contributed by atoms with E-state index in [0.29, 0.717) is 13.1 Å². The molecule has 0 saturated carbocycles. The van der Waals surface area contributed by atoms with Gasteiger partial charge in [-0.2, -0.15) is 0 Å². The highest BCUT2D eigenvalue weighted by atomic mass is 16.5. The van der Waals surface area contributed by atoms with Gasteiger partial charge in [-0.1, -0.05) is 11.6 Å². The largest absolute Gasteiger partial charge is 0.379 e.